The van der Waals surface area contributed by atoms with E-state index < -0.39 is 17.9 Å². The molecule has 0 fully saturated rings. The van der Waals surface area contributed by atoms with Crippen LogP contribution < -0.4 is 9.47 Å². The predicted octanol–water partition coefficient (Wildman–Crippen LogP) is 4.40. The van der Waals surface area contributed by atoms with Crippen molar-refractivity contribution in [3.63, 3.8) is 0 Å². The summed E-state index contributed by atoms with van der Waals surface area (Å²) in [6, 6.07) is 9.12. The molecular weight excluding hydrogens is 276 g/mol. The molecule has 2 aromatic rings. The molecule has 0 aliphatic rings. The summed E-state index contributed by atoms with van der Waals surface area (Å²) in [5, 5.41) is 0. The van der Waals surface area contributed by atoms with E-state index in [1.165, 1.54) is 37.4 Å². The van der Waals surface area contributed by atoms with Crippen LogP contribution in [0.4, 0.5) is 17.6 Å². The van der Waals surface area contributed by atoms with E-state index >= 15 is 0 Å². The Morgan fingerprint density at radius 2 is 1.70 bits per heavy atom. The van der Waals surface area contributed by atoms with Crippen LogP contribution >= 0.6 is 0 Å². The van der Waals surface area contributed by atoms with Crippen molar-refractivity contribution in [1.82, 2.24) is 0 Å². The summed E-state index contributed by atoms with van der Waals surface area (Å²) in [5.41, 5.74) is 0.403. The first kappa shape index (κ1) is 14.2. The van der Waals surface area contributed by atoms with Crippen LogP contribution in [0.15, 0.2) is 42.5 Å². The number of rotatable bonds is 3. The third kappa shape index (κ3) is 3.40. The summed E-state index contributed by atoms with van der Waals surface area (Å²) in [6.45, 7) is 0. The smallest absolute Gasteiger partial charge is 0.497 e. The summed E-state index contributed by atoms with van der Waals surface area (Å²) < 4.78 is 59.0. The summed E-state index contributed by atoms with van der Waals surface area (Å²) in [5.74, 6) is -0.560. The molecule has 2 nitrogen and oxygen atoms in total. The number of benzene rings is 2. The van der Waals surface area contributed by atoms with E-state index in [0.29, 0.717) is 5.75 Å². The second-order valence-electron chi connectivity index (χ2n) is 3.92. The van der Waals surface area contributed by atoms with Crippen LogP contribution in [0, 0.1) is 5.82 Å². The van der Waals surface area contributed by atoms with Gasteiger partial charge in [0, 0.05) is 5.56 Å². The first-order valence-electron chi connectivity index (χ1n) is 5.59. The van der Waals surface area contributed by atoms with Gasteiger partial charge in [0.05, 0.1) is 7.11 Å². The number of alkyl halides is 3. The predicted molar refractivity (Wildman–Crippen MR) is 65.1 cm³/mol. The van der Waals surface area contributed by atoms with Gasteiger partial charge in [-0.25, -0.2) is 4.39 Å². The molecule has 0 aromatic heterocycles. The van der Waals surface area contributed by atoms with Crippen molar-refractivity contribution in [2.24, 2.45) is 0 Å². The lowest BCUT2D eigenvalue weighted by atomic mass is 10.0. The zero-order valence-corrected chi connectivity index (χ0v) is 10.4. The largest absolute Gasteiger partial charge is 0.573 e. The van der Waals surface area contributed by atoms with Gasteiger partial charge in [-0.05, 0) is 35.9 Å². The van der Waals surface area contributed by atoms with Crippen LogP contribution in [-0.2, 0) is 0 Å². The normalized spacial score (nSPS) is 11.2. The average molecular weight is 286 g/mol. The third-order valence-corrected chi connectivity index (χ3v) is 2.55. The first-order valence-corrected chi connectivity index (χ1v) is 5.59. The minimum atomic E-state index is -4.79. The van der Waals surface area contributed by atoms with E-state index in [1.54, 1.807) is 0 Å². The SMILES string of the molecule is COc1ccc(F)c(-c2cccc(OC(F)(F)F)c2)c1. The van der Waals surface area contributed by atoms with Gasteiger partial charge in [0.2, 0.25) is 0 Å². The van der Waals surface area contributed by atoms with Gasteiger partial charge >= 0.3 is 6.36 Å². The quantitative estimate of drug-likeness (QED) is 0.779. The van der Waals surface area contributed by atoms with Gasteiger partial charge in [-0.2, -0.15) is 0 Å². The van der Waals surface area contributed by atoms with Crippen molar-refractivity contribution in [2.45, 2.75) is 6.36 Å². The molecule has 0 saturated heterocycles. The Labute approximate surface area is 112 Å². The maximum Gasteiger partial charge on any atom is 0.573 e. The molecule has 0 bridgehead atoms. The maximum absolute atomic E-state index is 13.7. The Morgan fingerprint density at radius 3 is 2.35 bits per heavy atom. The molecule has 0 radical (unpaired) electrons. The minimum absolute atomic E-state index is 0.136. The van der Waals surface area contributed by atoms with Gasteiger partial charge in [0.1, 0.15) is 17.3 Å². The highest BCUT2D eigenvalue weighted by molar-refractivity contribution is 5.67. The molecule has 0 aliphatic heterocycles. The second-order valence-corrected chi connectivity index (χ2v) is 3.92. The Kier molecular flexibility index (Phi) is 3.83. The summed E-state index contributed by atoms with van der Waals surface area (Å²) in [6.07, 6.45) is -4.79. The monoisotopic (exact) mass is 286 g/mol. The number of hydrogen-bond donors (Lipinski definition) is 0. The van der Waals surface area contributed by atoms with Gasteiger partial charge in [-0.15, -0.1) is 13.2 Å². The number of ether oxygens (including phenoxy) is 2. The van der Waals surface area contributed by atoms with Crippen molar-refractivity contribution in [3.8, 4) is 22.6 Å². The fourth-order valence-corrected chi connectivity index (χ4v) is 1.71. The van der Waals surface area contributed by atoms with Crippen LogP contribution in [0.1, 0.15) is 0 Å². The zero-order valence-electron chi connectivity index (χ0n) is 10.4. The lowest BCUT2D eigenvalue weighted by Gasteiger charge is -2.11. The molecule has 0 saturated carbocycles. The van der Waals surface area contributed by atoms with Gasteiger partial charge in [-0.1, -0.05) is 12.1 Å². The van der Waals surface area contributed by atoms with Gasteiger partial charge in [0.25, 0.3) is 0 Å². The number of methoxy groups -OCH3 is 1. The topological polar surface area (TPSA) is 18.5 Å². The highest BCUT2D eigenvalue weighted by Crippen LogP contribution is 2.31. The van der Waals surface area contributed by atoms with E-state index in [9.17, 15) is 17.6 Å². The fourth-order valence-electron chi connectivity index (χ4n) is 1.71. The molecule has 106 valence electrons. The van der Waals surface area contributed by atoms with Crippen LogP contribution in [0.25, 0.3) is 11.1 Å². The molecule has 0 N–H and O–H groups in total. The molecule has 20 heavy (non-hydrogen) atoms. The van der Waals surface area contributed by atoms with E-state index in [1.807, 2.05) is 0 Å². The molecule has 0 heterocycles. The number of hydrogen-bond acceptors (Lipinski definition) is 2. The molecule has 0 amide bonds. The fraction of sp³-hybridized carbons (Fsp3) is 0.143. The second kappa shape index (κ2) is 5.40. The van der Waals surface area contributed by atoms with E-state index in [2.05, 4.69) is 4.74 Å². The van der Waals surface area contributed by atoms with Crippen molar-refractivity contribution < 1.29 is 27.0 Å². The highest BCUT2D eigenvalue weighted by Gasteiger charge is 2.31. The summed E-state index contributed by atoms with van der Waals surface area (Å²) in [4.78, 5) is 0. The van der Waals surface area contributed by atoms with Gasteiger partial charge in [-0.3, -0.25) is 0 Å². The molecule has 0 atom stereocenters. The van der Waals surface area contributed by atoms with Gasteiger partial charge < -0.3 is 9.47 Å². The Balaban J connectivity index is 2.40. The van der Waals surface area contributed by atoms with Gasteiger partial charge in [0.15, 0.2) is 0 Å². The molecule has 2 rings (SSSR count). The highest BCUT2D eigenvalue weighted by atomic mass is 19.4. The lowest BCUT2D eigenvalue weighted by molar-refractivity contribution is -0.274. The van der Waals surface area contributed by atoms with E-state index in [4.69, 9.17) is 4.74 Å². The summed E-state index contributed by atoms with van der Waals surface area (Å²) in [7, 11) is 1.42. The Morgan fingerprint density at radius 1 is 0.950 bits per heavy atom. The maximum atomic E-state index is 13.7. The number of halogens is 4. The Bertz CT molecular complexity index is 608. The van der Waals surface area contributed by atoms with Crippen molar-refractivity contribution >= 4 is 0 Å². The molecule has 0 aliphatic carbocycles. The first-order chi connectivity index (χ1) is 9.39. The van der Waals surface area contributed by atoms with Crippen molar-refractivity contribution in [2.75, 3.05) is 7.11 Å². The van der Waals surface area contributed by atoms with Crippen LogP contribution in [-0.4, -0.2) is 13.5 Å². The van der Waals surface area contributed by atoms with Crippen LogP contribution in [0.3, 0.4) is 0 Å². The Hall–Kier alpha value is -2.24. The molecule has 6 heteroatoms. The standard InChI is InChI=1S/C14H10F4O2/c1-19-10-5-6-13(15)12(8-10)9-3-2-4-11(7-9)20-14(16,17)18/h2-8H,1H3. The molecule has 2 aromatic carbocycles. The van der Waals surface area contributed by atoms with E-state index in [-0.39, 0.29) is 11.1 Å². The zero-order chi connectivity index (χ0) is 14.8. The summed E-state index contributed by atoms with van der Waals surface area (Å²) >= 11 is 0. The van der Waals surface area contributed by atoms with Crippen molar-refractivity contribution in [1.29, 1.82) is 0 Å². The third-order valence-electron chi connectivity index (χ3n) is 2.55. The molecular formula is C14H10F4O2. The minimum Gasteiger partial charge on any atom is -0.497 e. The molecule has 0 unspecified atom stereocenters. The van der Waals surface area contributed by atoms with Crippen LogP contribution in [0.2, 0.25) is 0 Å². The van der Waals surface area contributed by atoms with Crippen molar-refractivity contribution in [3.05, 3.63) is 48.3 Å². The van der Waals surface area contributed by atoms with Crippen LogP contribution in [0.5, 0.6) is 11.5 Å². The average Bonchev–Trinajstić information content (AvgIpc) is 2.37. The molecule has 0 spiro atoms. The lowest BCUT2D eigenvalue weighted by Crippen LogP contribution is -2.17. The van der Waals surface area contributed by atoms with E-state index in [0.717, 1.165) is 12.1 Å².